The van der Waals surface area contributed by atoms with Gasteiger partial charge in [-0.1, -0.05) is 36.4 Å². The largest absolute Gasteiger partial charge is 0.275 e. The summed E-state index contributed by atoms with van der Waals surface area (Å²) in [6.45, 7) is 0. The van der Waals surface area contributed by atoms with Crippen LogP contribution in [0.25, 0.3) is 33.9 Å². The lowest BCUT2D eigenvalue weighted by Gasteiger charge is -2.01. The van der Waals surface area contributed by atoms with Gasteiger partial charge in [0.15, 0.2) is 0 Å². The molecule has 6 rings (SSSR count). The molecule has 9 heteroatoms. The van der Waals surface area contributed by atoms with Gasteiger partial charge in [-0.25, -0.2) is 14.8 Å². The van der Waals surface area contributed by atoms with Gasteiger partial charge in [0.2, 0.25) is 0 Å². The van der Waals surface area contributed by atoms with Crippen molar-refractivity contribution in [1.29, 1.82) is 0 Å². The van der Waals surface area contributed by atoms with Gasteiger partial charge in [0.1, 0.15) is 11.4 Å². The summed E-state index contributed by atoms with van der Waals surface area (Å²) in [4.78, 5) is 21.7. The summed E-state index contributed by atoms with van der Waals surface area (Å²) in [5.74, 6) is -0.398. The van der Waals surface area contributed by atoms with Crippen LogP contribution in [-0.2, 0) is 0 Å². The Kier molecular flexibility index (Phi) is 6.52. The number of carbonyl (C=O) groups is 1. The highest BCUT2D eigenvalue weighted by Gasteiger charge is 2.19. The number of nitrogens with zero attached hydrogens (tertiary/aromatic N) is 7. The van der Waals surface area contributed by atoms with Gasteiger partial charge in [0, 0.05) is 53.9 Å². The third-order valence-electron chi connectivity index (χ3n) is 5.98. The highest BCUT2D eigenvalue weighted by Crippen LogP contribution is 2.24. The maximum atomic E-state index is 13.3. The molecule has 0 bridgehead atoms. The van der Waals surface area contributed by atoms with Gasteiger partial charge in [-0.15, -0.1) is 0 Å². The van der Waals surface area contributed by atoms with E-state index in [1.54, 1.807) is 52.6 Å². The SMILES string of the molecule is O=C(N/N=C\c1cn(-c2ccccc2)nc1-c1cccnc1)c1cn(-c2ccccc2)nc1-c1cccnc1. The highest BCUT2D eigenvalue weighted by atomic mass is 16.2. The van der Waals surface area contributed by atoms with Gasteiger partial charge in [-0.05, 0) is 48.5 Å². The van der Waals surface area contributed by atoms with Crippen molar-refractivity contribution in [3.63, 3.8) is 0 Å². The van der Waals surface area contributed by atoms with E-state index in [-0.39, 0.29) is 0 Å². The van der Waals surface area contributed by atoms with Crippen LogP contribution in [0.3, 0.4) is 0 Å². The third-order valence-corrected chi connectivity index (χ3v) is 5.98. The Hall–Kier alpha value is -5.70. The number of aromatic nitrogens is 6. The molecule has 0 spiro atoms. The monoisotopic (exact) mass is 510 g/mol. The number of benzene rings is 2. The molecule has 0 unspecified atom stereocenters. The van der Waals surface area contributed by atoms with Gasteiger partial charge in [0.05, 0.1) is 23.2 Å². The van der Waals surface area contributed by atoms with Crippen molar-refractivity contribution in [3.05, 3.63) is 133 Å². The predicted octanol–water partition coefficient (Wildman–Crippen LogP) is 4.95. The van der Waals surface area contributed by atoms with E-state index in [0.717, 1.165) is 28.1 Å². The van der Waals surface area contributed by atoms with Crippen LogP contribution >= 0.6 is 0 Å². The first kappa shape index (κ1) is 23.7. The standard InChI is InChI=1S/C30H22N8O/c39-30(27-21-38(26-13-5-2-6-14-26)36-29(27)23-10-8-16-32-18-23)34-33-19-24-20-37(25-11-3-1-4-12-25)35-28(24)22-9-7-15-31-17-22/h1-21H,(H,34,39)/b33-19-. The maximum Gasteiger partial charge on any atom is 0.275 e. The molecule has 0 aliphatic rings. The fourth-order valence-corrected chi connectivity index (χ4v) is 4.11. The number of nitrogens with one attached hydrogen (secondary N) is 1. The molecule has 4 aromatic heterocycles. The number of hydrazone groups is 1. The molecule has 4 heterocycles. The molecule has 2 aromatic carbocycles. The molecular weight excluding hydrogens is 488 g/mol. The maximum absolute atomic E-state index is 13.3. The van der Waals surface area contributed by atoms with E-state index in [9.17, 15) is 4.79 Å². The zero-order valence-electron chi connectivity index (χ0n) is 20.7. The van der Waals surface area contributed by atoms with Crippen molar-refractivity contribution < 1.29 is 4.79 Å². The van der Waals surface area contributed by atoms with Crippen molar-refractivity contribution in [1.82, 2.24) is 35.0 Å². The van der Waals surface area contributed by atoms with Gasteiger partial charge in [-0.3, -0.25) is 14.8 Å². The lowest BCUT2D eigenvalue weighted by atomic mass is 10.1. The molecule has 1 amide bonds. The molecule has 9 nitrogen and oxygen atoms in total. The summed E-state index contributed by atoms with van der Waals surface area (Å²) in [5.41, 5.74) is 8.25. The van der Waals surface area contributed by atoms with Gasteiger partial charge in [0.25, 0.3) is 5.91 Å². The van der Waals surface area contributed by atoms with E-state index in [1.807, 2.05) is 85.1 Å². The van der Waals surface area contributed by atoms with E-state index >= 15 is 0 Å². The second-order valence-corrected chi connectivity index (χ2v) is 8.57. The summed E-state index contributed by atoms with van der Waals surface area (Å²) in [5, 5.41) is 13.7. The Morgan fingerprint density at radius 2 is 1.26 bits per heavy atom. The van der Waals surface area contributed by atoms with Crippen molar-refractivity contribution in [2.24, 2.45) is 5.10 Å². The quantitative estimate of drug-likeness (QED) is 0.242. The van der Waals surface area contributed by atoms with Gasteiger partial charge < -0.3 is 0 Å². The van der Waals surface area contributed by atoms with E-state index < -0.39 is 5.91 Å². The van der Waals surface area contributed by atoms with Crippen LogP contribution in [0.4, 0.5) is 0 Å². The summed E-state index contributed by atoms with van der Waals surface area (Å²) in [7, 11) is 0. The van der Waals surface area contributed by atoms with Crippen LogP contribution in [0.1, 0.15) is 15.9 Å². The molecule has 6 aromatic rings. The van der Waals surface area contributed by atoms with Crippen LogP contribution < -0.4 is 5.43 Å². The summed E-state index contributed by atoms with van der Waals surface area (Å²) < 4.78 is 3.45. The second-order valence-electron chi connectivity index (χ2n) is 8.57. The fourth-order valence-electron chi connectivity index (χ4n) is 4.11. The lowest BCUT2D eigenvalue weighted by molar-refractivity contribution is 0.0955. The Labute approximate surface area is 224 Å². The van der Waals surface area contributed by atoms with E-state index in [4.69, 9.17) is 5.10 Å². The number of para-hydroxylation sites is 2. The number of carbonyl (C=O) groups excluding carboxylic acids is 1. The van der Waals surface area contributed by atoms with E-state index in [0.29, 0.717) is 17.0 Å². The number of hydrogen-bond donors (Lipinski definition) is 1. The molecule has 1 N–H and O–H groups in total. The minimum Gasteiger partial charge on any atom is -0.267 e. The lowest BCUT2D eigenvalue weighted by Crippen LogP contribution is -2.18. The first-order chi connectivity index (χ1) is 19.3. The molecule has 188 valence electrons. The smallest absolute Gasteiger partial charge is 0.267 e. The van der Waals surface area contributed by atoms with E-state index in [1.165, 1.54) is 0 Å². The first-order valence-corrected chi connectivity index (χ1v) is 12.2. The number of pyridine rings is 2. The van der Waals surface area contributed by atoms with E-state index in [2.05, 4.69) is 25.6 Å². The third kappa shape index (κ3) is 5.09. The van der Waals surface area contributed by atoms with Gasteiger partial charge in [-0.2, -0.15) is 15.3 Å². The normalized spacial score (nSPS) is 11.1. The molecule has 0 aliphatic heterocycles. The summed E-state index contributed by atoms with van der Waals surface area (Å²) in [6.07, 6.45) is 11.9. The zero-order valence-corrected chi connectivity index (χ0v) is 20.7. The second kappa shape index (κ2) is 10.7. The van der Waals surface area contributed by atoms with Gasteiger partial charge >= 0.3 is 0 Å². The summed E-state index contributed by atoms with van der Waals surface area (Å²) in [6, 6.07) is 26.8. The van der Waals surface area contributed by atoms with Crippen molar-refractivity contribution in [2.75, 3.05) is 0 Å². The number of rotatable bonds is 7. The van der Waals surface area contributed by atoms with Crippen LogP contribution in [0.15, 0.2) is 127 Å². The first-order valence-electron chi connectivity index (χ1n) is 12.2. The molecule has 0 aliphatic carbocycles. The molecule has 0 saturated heterocycles. The minimum atomic E-state index is -0.398. The molecule has 0 fully saturated rings. The minimum absolute atomic E-state index is 0.372. The van der Waals surface area contributed by atoms with Crippen LogP contribution in [-0.4, -0.2) is 41.7 Å². The van der Waals surface area contributed by atoms with Crippen molar-refractivity contribution in [3.8, 4) is 33.9 Å². The molecule has 0 saturated carbocycles. The van der Waals surface area contributed by atoms with Crippen LogP contribution in [0.5, 0.6) is 0 Å². The Morgan fingerprint density at radius 1 is 0.692 bits per heavy atom. The van der Waals surface area contributed by atoms with Crippen molar-refractivity contribution >= 4 is 12.1 Å². The fraction of sp³-hybridized carbons (Fsp3) is 0. The molecule has 0 atom stereocenters. The summed E-state index contributed by atoms with van der Waals surface area (Å²) >= 11 is 0. The molecule has 0 radical (unpaired) electrons. The highest BCUT2D eigenvalue weighted by molar-refractivity contribution is 6.00. The Morgan fingerprint density at radius 3 is 1.85 bits per heavy atom. The number of hydrogen-bond acceptors (Lipinski definition) is 6. The average Bonchev–Trinajstić information content (AvgIpc) is 3.65. The zero-order chi connectivity index (χ0) is 26.4. The predicted molar refractivity (Wildman–Crippen MR) is 149 cm³/mol. The van der Waals surface area contributed by atoms with Crippen LogP contribution in [0.2, 0.25) is 0 Å². The number of amides is 1. The van der Waals surface area contributed by atoms with Crippen LogP contribution in [0, 0.1) is 0 Å². The molecule has 39 heavy (non-hydrogen) atoms. The Bertz CT molecular complexity index is 1730. The van der Waals surface area contributed by atoms with Crippen molar-refractivity contribution in [2.45, 2.75) is 0 Å². The Balaban J connectivity index is 1.32. The topological polar surface area (TPSA) is 103 Å². The molecular formula is C30H22N8O. The average molecular weight is 511 g/mol.